The van der Waals surface area contributed by atoms with E-state index in [1.807, 2.05) is 49.1 Å². The summed E-state index contributed by atoms with van der Waals surface area (Å²) in [7, 11) is 4.67. The third-order valence-corrected chi connectivity index (χ3v) is 9.97. The second kappa shape index (κ2) is 16.1. The van der Waals surface area contributed by atoms with Crippen LogP contribution >= 0.6 is 0 Å². The first-order valence-electron chi connectivity index (χ1n) is 18.0. The van der Waals surface area contributed by atoms with Gasteiger partial charge in [0.2, 0.25) is 23.0 Å². The summed E-state index contributed by atoms with van der Waals surface area (Å²) in [6.45, 7) is 8.22. The van der Waals surface area contributed by atoms with Gasteiger partial charge >= 0.3 is 0 Å². The summed E-state index contributed by atoms with van der Waals surface area (Å²) in [6.07, 6.45) is 1.64. The minimum atomic E-state index is -0.646. The standard InChI is InChI=1S/C40H48N6O7/c1-23(2)19-32(40(50)46-17-15-45(16-18-46)22-35-43-29-10-8-7-9-27(29)39(49)44-35)42-31-14-12-26-28(21-33(31)48)30(41-24(3)47)13-11-25-20-34(51-4)37(52-5)38(53-6)36(25)26/h7-10,12,14,20-21,23,30,32H,11,13,15-19,22H2,1-6H3,(H,41,47)(H,42,48)(H,43,44,49)/t30-,32-/m0/s1. The first-order valence-corrected chi connectivity index (χ1v) is 18.0. The van der Waals surface area contributed by atoms with E-state index in [4.69, 9.17) is 14.2 Å². The number of piperazine rings is 1. The number of aromatic amines is 1. The van der Waals surface area contributed by atoms with E-state index in [-0.39, 0.29) is 34.4 Å². The van der Waals surface area contributed by atoms with Crippen LogP contribution in [0.15, 0.2) is 58.1 Å². The van der Waals surface area contributed by atoms with Crippen molar-refractivity contribution in [2.45, 2.75) is 58.7 Å². The Balaban J connectivity index is 1.27. The van der Waals surface area contributed by atoms with Crippen molar-refractivity contribution in [1.82, 2.24) is 25.1 Å². The summed E-state index contributed by atoms with van der Waals surface area (Å²) in [5.74, 6) is 1.87. The number of fused-ring (bicyclic) bond motifs is 4. The minimum absolute atomic E-state index is 0.0805. The van der Waals surface area contributed by atoms with Gasteiger partial charge in [-0.3, -0.25) is 24.1 Å². The van der Waals surface area contributed by atoms with Crippen LogP contribution in [-0.2, 0) is 22.6 Å². The van der Waals surface area contributed by atoms with Crippen molar-refractivity contribution in [2.75, 3.05) is 52.8 Å². The number of aryl methyl sites for hydroxylation is 1. The quantitative estimate of drug-likeness (QED) is 0.204. The van der Waals surface area contributed by atoms with E-state index >= 15 is 0 Å². The van der Waals surface area contributed by atoms with Crippen LogP contribution in [0.25, 0.3) is 22.0 Å². The van der Waals surface area contributed by atoms with E-state index in [1.54, 1.807) is 39.5 Å². The Bertz CT molecular complexity index is 2130. The topological polar surface area (TPSA) is 155 Å². The number of nitrogens with zero attached hydrogens (tertiary/aromatic N) is 3. The molecule has 6 rings (SSSR count). The van der Waals surface area contributed by atoms with Crippen molar-refractivity contribution >= 4 is 28.4 Å². The average Bonchev–Trinajstić information content (AvgIpc) is 3.38. The second-order valence-corrected chi connectivity index (χ2v) is 14.1. The zero-order chi connectivity index (χ0) is 37.8. The van der Waals surface area contributed by atoms with Crippen LogP contribution in [-0.4, -0.2) is 85.1 Å². The van der Waals surface area contributed by atoms with Gasteiger partial charge in [-0.1, -0.05) is 32.0 Å². The lowest BCUT2D eigenvalue weighted by atomic mass is 9.95. The van der Waals surface area contributed by atoms with Crippen LogP contribution < -0.4 is 35.8 Å². The molecule has 1 saturated heterocycles. The highest BCUT2D eigenvalue weighted by molar-refractivity contribution is 5.86. The first-order chi connectivity index (χ1) is 25.5. The highest BCUT2D eigenvalue weighted by Crippen LogP contribution is 2.50. The number of ether oxygens (including phenoxy) is 3. The van der Waals surface area contributed by atoms with Crippen LogP contribution in [0.5, 0.6) is 17.2 Å². The summed E-state index contributed by atoms with van der Waals surface area (Å²) in [5.41, 5.74) is 3.51. The molecule has 3 aromatic carbocycles. The Hall–Kier alpha value is -5.43. The lowest BCUT2D eigenvalue weighted by Crippen LogP contribution is -2.53. The highest BCUT2D eigenvalue weighted by atomic mass is 16.5. The van der Waals surface area contributed by atoms with Gasteiger partial charge in [-0.15, -0.1) is 0 Å². The third-order valence-electron chi connectivity index (χ3n) is 9.97. The molecular formula is C40H48N6O7. The SMILES string of the molecule is COc1cc2c(c(OC)c1OC)-c1ccc(N[C@@H](CC(C)C)C(=O)N3CCN(Cc4nc5ccccc5c(=O)[nH]4)CC3)c(=O)cc1[C@@H](NC(C)=O)CC2. The number of hydrogen-bond donors (Lipinski definition) is 3. The molecule has 1 aliphatic carbocycles. The van der Waals surface area contributed by atoms with Crippen molar-refractivity contribution in [2.24, 2.45) is 5.92 Å². The van der Waals surface area contributed by atoms with Crippen molar-refractivity contribution in [3.63, 3.8) is 0 Å². The van der Waals surface area contributed by atoms with Crippen LogP contribution in [0.1, 0.15) is 56.6 Å². The van der Waals surface area contributed by atoms with Gasteiger partial charge in [0.25, 0.3) is 5.56 Å². The molecule has 4 aromatic rings. The van der Waals surface area contributed by atoms with E-state index in [1.165, 1.54) is 6.92 Å². The van der Waals surface area contributed by atoms with Crippen molar-refractivity contribution in [1.29, 1.82) is 0 Å². The molecular weight excluding hydrogens is 676 g/mol. The maximum atomic E-state index is 14.1. The van der Waals surface area contributed by atoms with E-state index in [2.05, 4.69) is 25.5 Å². The Labute approximate surface area is 308 Å². The molecule has 2 heterocycles. The first kappa shape index (κ1) is 37.3. The van der Waals surface area contributed by atoms with Crippen LogP contribution in [0.2, 0.25) is 0 Å². The zero-order valence-electron chi connectivity index (χ0n) is 31.2. The minimum Gasteiger partial charge on any atom is -0.493 e. The maximum Gasteiger partial charge on any atom is 0.258 e. The average molecular weight is 725 g/mol. The van der Waals surface area contributed by atoms with Crippen molar-refractivity contribution in [3.8, 4) is 28.4 Å². The molecule has 0 unspecified atom stereocenters. The van der Waals surface area contributed by atoms with E-state index < -0.39 is 12.1 Å². The number of carbonyl (C=O) groups excluding carboxylic acids is 2. The number of para-hydroxylation sites is 1. The fraction of sp³-hybridized carbons (Fsp3) is 0.425. The fourth-order valence-electron chi connectivity index (χ4n) is 7.48. The third kappa shape index (κ3) is 7.99. The number of H-pyrrole nitrogens is 1. The number of amides is 2. The number of rotatable bonds is 11. The van der Waals surface area contributed by atoms with Gasteiger partial charge in [-0.05, 0) is 72.2 Å². The van der Waals surface area contributed by atoms with Gasteiger partial charge in [-0.25, -0.2) is 4.98 Å². The summed E-state index contributed by atoms with van der Waals surface area (Å²) >= 11 is 0. The fourth-order valence-corrected chi connectivity index (χ4v) is 7.48. The number of nitrogens with one attached hydrogen (secondary N) is 3. The molecule has 280 valence electrons. The number of methoxy groups -OCH3 is 3. The molecule has 1 aromatic heterocycles. The highest BCUT2D eigenvalue weighted by Gasteiger charge is 2.31. The molecule has 2 amide bonds. The molecule has 3 N–H and O–H groups in total. The molecule has 2 atom stereocenters. The Morgan fingerprint density at radius 2 is 1.70 bits per heavy atom. The van der Waals surface area contributed by atoms with Crippen LogP contribution in [0.4, 0.5) is 5.69 Å². The maximum absolute atomic E-state index is 14.1. The van der Waals surface area contributed by atoms with Gasteiger partial charge in [0, 0.05) is 38.7 Å². The number of anilines is 1. The van der Waals surface area contributed by atoms with E-state index in [0.29, 0.717) is 97.1 Å². The van der Waals surface area contributed by atoms with Gasteiger partial charge in [-0.2, -0.15) is 0 Å². The molecule has 53 heavy (non-hydrogen) atoms. The van der Waals surface area contributed by atoms with Crippen LogP contribution in [0.3, 0.4) is 0 Å². The molecule has 0 saturated carbocycles. The van der Waals surface area contributed by atoms with Crippen LogP contribution in [0, 0.1) is 5.92 Å². The van der Waals surface area contributed by atoms with Gasteiger partial charge in [0.1, 0.15) is 11.9 Å². The molecule has 0 spiro atoms. The lowest BCUT2D eigenvalue weighted by Gasteiger charge is -2.36. The lowest BCUT2D eigenvalue weighted by molar-refractivity contribution is -0.134. The number of hydrogen-bond acceptors (Lipinski definition) is 10. The van der Waals surface area contributed by atoms with Gasteiger partial charge in [0.15, 0.2) is 11.5 Å². The van der Waals surface area contributed by atoms with Crippen molar-refractivity contribution in [3.05, 3.63) is 86.1 Å². The number of benzene rings is 2. The molecule has 1 fully saturated rings. The van der Waals surface area contributed by atoms with E-state index in [0.717, 1.165) is 11.1 Å². The Morgan fingerprint density at radius 3 is 2.38 bits per heavy atom. The van der Waals surface area contributed by atoms with E-state index in [9.17, 15) is 19.2 Å². The Kier molecular flexibility index (Phi) is 11.3. The van der Waals surface area contributed by atoms with Gasteiger partial charge in [0.05, 0.1) is 50.5 Å². The van der Waals surface area contributed by atoms with Crippen molar-refractivity contribution < 1.29 is 23.8 Å². The smallest absolute Gasteiger partial charge is 0.258 e. The number of carbonyl (C=O) groups is 2. The molecule has 13 nitrogen and oxygen atoms in total. The molecule has 13 heteroatoms. The molecule has 2 aliphatic rings. The summed E-state index contributed by atoms with van der Waals surface area (Å²) in [4.78, 5) is 64.7. The molecule has 0 bridgehead atoms. The number of aromatic nitrogens is 2. The summed E-state index contributed by atoms with van der Waals surface area (Å²) in [6, 6.07) is 13.2. The monoisotopic (exact) mass is 724 g/mol. The molecule has 1 aliphatic heterocycles. The zero-order valence-corrected chi connectivity index (χ0v) is 31.2. The predicted molar refractivity (Wildman–Crippen MR) is 204 cm³/mol. The summed E-state index contributed by atoms with van der Waals surface area (Å²) in [5, 5.41) is 6.92. The predicted octanol–water partition coefficient (Wildman–Crippen LogP) is 4.27. The normalized spacial score (nSPS) is 16.3. The largest absolute Gasteiger partial charge is 0.493 e. The summed E-state index contributed by atoms with van der Waals surface area (Å²) < 4.78 is 17.3. The molecule has 0 radical (unpaired) electrons. The Morgan fingerprint density at radius 1 is 0.962 bits per heavy atom. The van der Waals surface area contributed by atoms with Gasteiger partial charge < -0.3 is 34.7 Å². The second-order valence-electron chi connectivity index (χ2n) is 14.1.